The first-order valence-electron chi connectivity index (χ1n) is 8.74. The first-order valence-corrected chi connectivity index (χ1v) is 9.62. The average molecular weight is 327 g/mol. The quantitative estimate of drug-likeness (QED) is 0.810. The van der Waals surface area contributed by atoms with E-state index in [2.05, 4.69) is 50.5 Å². The van der Waals surface area contributed by atoms with Gasteiger partial charge in [0.25, 0.3) is 0 Å². The van der Waals surface area contributed by atoms with E-state index in [1.54, 1.807) is 11.3 Å². The molecule has 1 aromatic heterocycles. The second-order valence-corrected chi connectivity index (χ2v) is 7.88. The lowest BCUT2D eigenvalue weighted by Gasteiger charge is -2.40. The molecule has 0 atom stereocenters. The highest BCUT2D eigenvalue weighted by Gasteiger charge is 2.47. The van der Waals surface area contributed by atoms with E-state index in [0.717, 1.165) is 13.0 Å². The normalized spacial score (nSPS) is 21.4. The van der Waals surface area contributed by atoms with Gasteiger partial charge in [-0.15, -0.1) is 11.3 Å². The Morgan fingerprint density at radius 3 is 2.48 bits per heavy atom. The first-order chi connectivity index (χ1) is 11.3. The summed E-state index contributed by atoms with van der Waals surface area (Å²) in [5.41, 5.74) is 1.94. The van der Waals surface area contributed by atoms with Crippen LogP contribution in [0.25, 0.3) is 0 Å². The minimum absolute atomic E-state index is 0.504. The first kappa shape index (κ1) is 15.3. The fourth-order valence-electron chi connectivity index (χ4n) is 3.81. The Kier molecular flexibility index (Phi) is 4.47. The van der Waals surface area contributed by atoms with Crippen molar-refractivity contribution in [3.8, 4) is 0 Å². The van der Waals surface area contributed by atoms with Crippen LogP contribution in [-0.2, 0) is 13.0 Å². The van der Waals surface area contributed by atoms with Crippen LogP contribution in [0, 0.1) is 0 Å². The van der Waals surface area contributed by atoms with Crippen LogP contribution in [0.1, 0.15) is 29.8 Å². The smallest absolute Gasteiger partial charge is 0.0925 e. The second-order valence-electron chi connectivity index (χ2n) is 6.90. The molecule has 0 unspecified atom stereocenters. The maximum atomic E-state index is 4.44. The van der Waals surface area contributed by atoms with E-state index in [0.29, 0.717) is 5.54 Å². The van der Waals surface area contributed by atoms with Gasteiger partial charge in [-0.1, -0.05) is 30.3 Å². The number of rotatable bonds is 6. The van der Waals surface area contributed by atoms with Crippen molar-refractivity contribution in [1.82, 2.24) is 14.8 Å². The van der Waals surface area contributed by atoms with Crippen molar-refractivity contribution < 1.29 is 0 Å². The van der Waals surface area contributed by atoms with E-state index in [-0.39, 0.29) is 0 Å². The van der Waals surface area contributed by atoms with Gasteiger partial charge in [-0.3, -0.25) is 9.80 Å². The molecule has 23 heavy (non-hydrogen) atoms. The third-order valence-electron chi connectivity index (χ3n) is 5.41. The highest BCUT2D eigenvalue weighted by atomic mass is 32.1. The Morgan fingerprint density at radius 1 is 1.04 bits per heavy atom. The van der Waals surface area contributed by atoms with Crippen molar-refractivity contribution in [2.75, 3.05) is 26.2 Å². The van der Waals surface area contributed by atoms with Crippen LogP contribution < -0.4 is 0 Å². The van der Waals surface area contributed by atoms with Crippen LogP contribution in [0.2, 0.25) is 0 Å². The zero-order valence-electron chi connectivity index (χ0n) is 13.7. The van der Waals surface area contributed by atoms with Crippen LogP contribution in [0.4, 0.5) is 0 Å². The molecule has 1 saturated heterocycles. The summed E-state index contributed by atoms with van der Waals surface area (Å²) < 4.78 is 0. The summed E-state index contributed by atoms with van der Waals surface area (Å²) in [5, 5.41) is 3.40. The summed E-state index contributed by atoms with van der Waals surface area (Å²) in [5.74, 6) is 0. The molecule has 0 amide bonds. The molecule has 0 radical (unpaired) electrons. The molecule has 1 aromatic carbocycles. The van der Waals surface area contributed by atoms with Gasteiger partial charge in [0.15, 0.2) is 0 Å². The van der Waals surface area contributed by atoms with E-state index in [1.165, 1.54) is 56.0 Å². The van der Waals surface area contributed by atoms with E-state index in [1.807, 2.05) is 6.20 Å². The molecule has 0 N–H and O–H groups in total. The summed E-state index contributed by atoms with van der Waals surface area (Å²) in [6, 6.07) is 10.9. The number of aromatic nitrogens is 1. The van der Waals surface area contributed by atoms with E-state index in [4.69, 9.17) is 0 Å². The lowest BCUT2D eigenvalue weighted by molar-refractivity contribution is 0.0768. The Morgan fingerprint density at radius 2 is 1.83 bits per heavy atom. The van der Waals surface area contributed by atoms with Crippen LogP contribution in [0.5, 0.6) is 0 Å². The predicted molar refractivity (Wildman–Crippen MR) is 95.7 cm³/mol. The summed E-state index contributed by atoms with van der Waals surface area (Å²) in [6.45, 7) is 5.96. The Hall–Kier alpha value is -1.23. The summed E-state index contributed by atoms with van der Waals surface area (Å²) in [4.78, 5) is 9.81. The van der Waals surface area contributed by atoms with Gasteiger partial charge in [-0.2, -0.15) is 0 Å². The zero-order chi connectivity index (χ0) is 15.5. The molecule has 0 bridgehead atoms. The molecule has 2 fully saturated rings. The molecule has 4 rings (SSSR count). The van der Waals surface area contributed by atoms with Gasteiger partial charge in [-0.05, 0) is 24.8 Å². The molecule has 122 valence electrons. The summed E-state index contributed by atoms with van der Waals surface area (Å²) in [6.07, 6.45) is 7.15. The minimum Gasteiger partial charge on any atom is -0.297 e. The number of thiazole rings is 1. The molecule has 3 nitrogen and oxygen atoms in total. The second kappa shape index (κ2) is 6.71. The molecule has 1 saturated carbocycles. The summed E-state index contributed by atoms with van der Waals surface area (Å²) >= 11 is 1.80. The fraction of sp³-hybridized carbons (Fsp3) is 0.526. The third kappa shape index (κ3) is 3.65. The molecule has 2 aromatic rings. The lowest BCUT2D eigenvalue weighted by Crippen LogP contribution is -2.51. The number of piperazine rings is 1. The maximum absolute atomic E-state index is 4.44. The van der Waals surface area contributed by atoms with Gasteiger partial charge in [0.2, 0.25) is 0 Å². The van der Waals surface area contributed by atoms with Crippen LogP contribution >= 0.6 is 11.3 Å². The Labute approximate surface area is 143 Å². The lowest BCUT2D eigenvalue weighted by atomic mass is 10.1. The van der Waals surface area contributed by atoms with Gasteiger partial charge in [-0.25, -0.2) is 4.98 Å². The molecule has 4 heteroatoms. The predicted octanol–water partition coefficient (Wildman–Crippen LogP) is 3.43. The van der Waals surface area contributed by atoms with Crippen molar-refractivity contribution >= 4 is 11.3 Å². The molecular formula is C19H25N3S. The largest absolute Gasteiger partial charge is 0.297 e. The van der Waals surface area contributed by atoms with Crippen molar-refractivity contribution in [1.29, 1.82) is 0 Å². The number of hydrogen-bond donors (Lipinski definition) is 0. The third-order valence-corrected chi connectivity index (χ3v) is 6.25. The topological polar surface area (TPSA) is 19.4 Å². The zero-order valence-corrected chi connectivity index (χ0v) is 14.5. The summed E-state index contributed by atoms with van der Waals surface area (Å²) in [7, 11) is 0. The Bertz CT molecular complexity index is 599. The van der Waals surface area contributed by atoms with E-state index < -0.39 is 0 Å². The van der Waals surface area contributed by atoms with Gasteiger partial charge in [0.05, 0.1) is 5.01 Å². The number of benzene rings is 1. The monoisotopic (exact) mass is 327 g/mol. The van der Waals surface area contributed by atoms with Gasteiger partial charge >= 0.3 is 0 Å². The standard InChI is InChI=1S/C19H25N3S/c1-2-4-17(5-3-1)16-21-11-13-22(14-12-21)19(8-9-19)7-6-18-20-10-15-23-18/h1-5,10,15H,6-9,11-14,16H2. The van der Waals surface area contributed by atoms with E-state index in [9.17, 15) is 0 Å². The van der Waals surface area contributed by atoms with Gasteiger partial charge < -0.3 is 0 Å². The molecule has 2 aliphatic rings. The Balaban J connectivity index is 1.27. The number of nitrogens with zero attached hydrogens (tertiary/aromatic N) is 3. The van der Waals surface area contributed by atoms with Crippen LogP contribution in [0.15, 0.2) is 41.9 Å². The van der Waals surface area contributed by atoms with Crippen molar-refractivity contribution in [3.05, 3.63) is 52.5 Å². The molecule has 0 spiro atoms. The van der Waals surface area contributed by atoms with Crippen molar-refractivity contribution in [2.24, 2.45) is 0 Å². The maximum Gasteiger partial charge on any atom is 0.0925 e. The molecule has 1 aliphatic heterocycles. The SMILES string of the molecule is c1ccc(CN2CCN(C3(CCc4nccs4)CC3)CC2)cc1. The van der Waals surface area contributed by atoms with Gasteiger partial charge in [0, 0.05) is 56.3 Å². The average Bonchev–Trinajstić information content (AvgIpc) is 3.21. The molecular weight excluding hydrogens is 302 g/mol. The molecule has 2 heterocycles. The van der Waals surface area contributed by atoms with Crippen molar-refractivity contribution in [2.45, 2.75) is 37.8 Å². The van der Waals surface area contributed by atoms with Crippen LogP contribution in [0.3, 0.4) is 0 Å². The van der Waals surface area contributed by atoms with Crippen LogP contribution in [-0.4, -0.2) is 46.5 Å². The van der Waals surface area contributed by atoms with Crippen molar-refractivity contribution in [3.63, 3.8) is 0 Å². The van der Waals surface area contributed by atoms with E-state index >= 15 is 0 Å². The highest BCUT2D eigenvalue weighted by Crippen LogP contribution is 2.46. The fourth-order valence-corrected chi connectivity index (χ4v) is 4.43. The number of aryl methyl sites for hydroxylation is 1. The number of hydrogen-bond acceptors (Lipinski definition) is 4. The molecule has 1 aliphatic carbocycles. The highest BCUT2D eigenvalue weighted by molar-refractivity contribution is 7.09. The van der Waals surface area contributed by atoms with Gasteiger partial charge in [0.1, 0.15) is 0 Å². The minimum atomic E-state index is 0.504.